The summed E-state index contributed by atoms with van der Waals surface area (Å²) in [5, 5.41) is 1.12. The number of hydrogen-bond acceptors (Lipinski definition) is 6. The zero-order chi connectivity index (χ0) is 19.8. The molecule has 0 saturated carbocycles. The third kappa shape index (κ3) is 3.19. The molecule has 0 saturated heterocycles. The molecule has 2 aromatic heterocycles. The molecule has 0 fully saturated rings. The quantitative estimate of drug-likeness (QED) is 0.280. The molecule has 7 heteroatoms. The maximum absolute atomic E-state index is 14.3. The van der Waals surface area contributed by atoms with Gasteiger partial charge in [0.05, 0.1) is 6.61 Å². The summed E-state index contributed by atoms with van der Waals surface area (Å²) < 4.78 is 30.7. The van der Waals surface area contributed by atoms with E-state index < -0.39 is 17.4 Å². The number of thiophene rings is 1. The molecule has 0 N–H and O–H groups in total. The van der Waals surface area contributed by atoms with Gasteiger partial charge >= 0.3 is 11.6 Å². The molecule has 0 atom stereocenters. The maximum Gasteiger partial charge on any atom is 0.354 e. The molecule has 0 aliphatic carbocycles. The second kappa shape index (κ2) is 7.18. The minimum absolute atomic E-state index is 0.0805. The van der Waals surface area contributed by atoms with E-state index in [1.807, 2.05) is 0 Å². The van der Waals surface area contributed by atoms with Crippen molar-refractivity contribution >= 4 is 38.4 Å². The van der Waals surface area contributed by atoms with Gasteiger partial charge in [-0.05, 0) is 36.8 Å². The lowest BCUT2D eigenvalue weighted by atomic mass is 10.1. The van der Waals surface area contributed by atoms with Crippen LogP contribution in [-0.2, 0) is 11.3 Å². The highest BCUT2D eigenvalue weighted by atomic mass is 32.1. The van der Waals surface area contributed by atoms with Crippen molar-refractivity contribution in [2.75, 3.05) is 7.11 Å². The van der Waals surface area contributed by atoms with Crippen LogP contribution >= 0.6 is 11.3 Å². The first-order chi connectivity index (χ1) is 13.5. The number of methoxy groups -OCH3 is 1. The molecule has 142 valence electrons. The van der Waals surface area contributed by atoms with E-state index in [-0.39, 0.29) is 17.2 Å². The Balaban J connectivity index is 1.74. The van der Waals surface area contributed by atoms with Gasteiger partial charge in [0.15, 0.2) is 0 Å². The van der Waals surface area contributed by atoms with Crippen LogP contribution < -0.4 is 10.4 Å². The number of halogens is 1. The summed E-state index contributed by atoms with van der Waals surface area (Å²) in [5.41, 5.74) is 1.07. The van der Waals surface area contributed by atoms with Crippen LogP contribution in [0.5, 0.6) is 5.75 Å². The van der Waals surface area contributed by atoms with Crippen LogP contribution in [0.2, 0.25) is 0 Å². The summed E-state index contributed by atoms with van der Waals surface area (Å²) in [6.07, 6.45) is 0. The Kier molecular flexibility index (Phi) is 4.70. The molecule has 2 heterocycles. The van der Waals surface area contributed by atoms with Crippen LogP contribution in [0.1, 0.15) is 20.8 Å². The fourth-order valence-corrected chi connectivity index (χ4v) is 4.23. The third-order valence-electron chi connectivity index (χ3n) is 4.37. The van der Waals surface area contributed by atoms with Crippen molar-refractivity contribution in [3.8, 4) is 5.75 Å². The predicted octanol–water partition coefficient (Wildman–Crippen LogP) is 4.82. The Hall–Kier alpha value is -3.03. The normalized spacial score (nSPS) is 11.2. The van der Waals surface area contributed by atoms with E-state index in [4.69, 9.17) is 13.9 Å². The summed E-state index contributed by atoms with van der Waals surface area (Å²) in [6.45, 7) is 1.88. The fraction of sp³-hybridized carbons (Fsp3) is 0.143. The highest BCUT2D eigenvalue weighted by Gasteiger charge is 2.22. The first-order valence-corrected chi connectivity index (χ1v) is 9.25. The monoisotopic (exact) mass is 398 g/mol. The number of ether oxygens (including phenoxy) is 2. The number of aryl methyl sites for hydroxylation is 1. The van der Waals surface area contributed by atoms with E-state index in [2.05, 4.69) is 0 Å². The average Bonchev–Trinajstić information content (AvgIpc) is 3.01. The van der Waals surface area contributed by atoms with Gasteiger partial charge in [-0.15, -0.1) is 11.3 Å². The van der Waals surface area contributed by atoms with Gasteiger partial charge in [-0.2, -0.15) is 0 Å². The molecule has 5 nitrogen and oxygen atoms in total. The molecule has 4 rings (SSSR count). The molecule has 0 amide bonds. The van der Waals surface area contributed by atoms with Crippen LogP contribution in [-0.4, -0.2) is 13.1 Å². The van der Waals surface area contributed by atoms with Crippen molar-refractivity contribution < 1.29 is 23.1 Å². The molecule has 2 aromatic carbocycles. The highest BCUT2D eigenvalue weighted by molar-refractivity contribution is 7.21. The molecular weight excluding hydrogens is 383 g/mol. The van der Waals surface area contributed by atoms with Gasteiger partial charge in [0, 0.05) is 40.3 Å². The zero-order valence-electron chi connectivity index (χ0n) is 15.1. The second-order valence-electron chi connectivity index (χ2n) is 6.25. The van der Waals surface area contributed by atoms with Gasteiger partial charge in [0.1, 0.15) is 22.0 Å². The largest absolute Gasteiger partial charge is 0.423 e. The Bertz CT molecular complexity index is 1270. The topological polar surface area (TPSA) is 65.7 Å². The Morgan fingerprint density at radius 2 is 2.04 bits per heavy atom. The van der Waals surface area contributed by atoms with Crippen molar-refractivity contribution in [3.63, 3.8) is 0 Å². The van der Waals surface area contributed by atoms with Gasteiger partial charge in [-0.25, -0.2) is 14.0 Å². The lowest BCUT2D eigenvalue weighted by Gasteiger charge is -2.07. The lowest BCUT2D eigenvalue weighted by molar-refractivity contribution is 0.0735. The summed E-state index contributed by atoms with van der Waals surface area (Å²) in [5.74, 6) is -0.808. The van der Waals surface area contributed by atoms with Crippen LogP contribution in [0.15, 0.2) is 51.7 Å². The van der Waals surface area contributed by atoms with Crippen molar-refractivity contribution in [2.45, 2.75) is 13.5 Å². The highest BCUT2D eigenvalue weighted by Crippen LogP contribution is 2.34. The molecule has 0 bridgehead atoms. The average molecular weight is 398 g/mol. The maximum atomic E-state index is 14.3. The van der Waals surface area contributed by atoms with Crippen molar-refractivity contribution in [2.24, 2.45) is 0 Å². The summed E-state index contributed by atoms with van der Waals surface area (Å²) >= 11 is 1.15. The van der Waals surface area contributed by atoms with Gasteiger partial charge in [-0.3, -0.25) is 0 Å². The van der Waals surface area contributed by atoms with Gasteiger partial charge in [0.25, 0.3) is 0 Å². The number of carbonyl (C=O) groups excluding carboxylic acids is 1. The van der Waals surface area contributed by atoms with Crippen molar-refractivity contribution in [3.05, 3.63) is 74.7 Å². The summed E-state index contributed by atoms with van der Waals surface area (Å²) in [7, 11) is 1.48. The van der Waals surface area contributed by atoms with E-state index in [0.717, 1.165) is 22.3 Å². The van der Waals surface area contributed by atoms with E-state index in [1.165, 1.54) is 25.3 Å². The van der Waals surface area contributed by atoms with E-state index in [1.54, 1.807) is 31.2 Å². The number of fused-ring (bicyclic) bond motifs is 2. The number of benzene rings is 2. The molecule has 4 aromatic rings. The first kappa shape index (κ1) is 18.3. The van der Waals surface area contributed by atoms with Crippen molar-refractivity contribution in [1.29, 1.82) is 0 Å². The van der Waals surface area contributed by atoms with E-state index in [0.29, 0.717) is 21.2 Å². The minimum atomic E-state index is -0.623. The Morgan fingerprint density at radius 3 is 2.82 bits per heavy atom. The zero-order valence-corrected chi connectivity index (χ0v) is 15.9. The number of carbonyl (C=O) groups is 1. The Morgan fingerprint density at radius 1 is 1.21 bits per heavy atom. The standard InChI is InChI=1S/C21H15FO5S/c1-11-8-18(23)27-16-9-12(6-7-13(11)16)26-21(24)20-14(10-25-2)19-15(22)4-3-5-17(19)28-20/h3-9H,10H2,1-2H3. The lowest BCUT2D eigenvalue weighted by Crippen LogP contribution is -2.09. The van der Waals surface area contributed by atoms with E-state index >= 15 is 0 Å². The number of hydrogen-bond donors (Lipinski definition) is 0. The molecule has 0 aliphatic heterocycles. The fourth-order valence-electron chi connectivity index (χ4n) is 3.14. The van der Waals surface area contributed by atoms with Crippen molar-refractivity contribution in [1.82, 2.24) is 0 Å². The van der Waals surface area contributed by atoms with Gasteiger partial charge in [-0.1, -0.05) is 6.07 Å². The minimum Gasteiger partial charge on any atom is -0.423 e. The predicted molar refractivity (Wildman–Crippen MR) is 105 cm³/mol. The van der Waals surface area contributed by atoms with Crippen LogP contribution in [0.4, 0.5) is 4.39 Å². The van der Waals surface area contributed by atoms with Gasteiger partial charge < -0.3 is 13.9 Å². The smallest absolute Gasteiger partial charge is 0.354 e. The number of esters is 1. The Labute approximate surface area is 162 Å². The molecule has 0 spiro atoms. The number of rotatable bonds is 4. The third-order valence-corrected chi connectivity index (χ3v) is 5.55. The van der Waals surface area contributed by atoms with Crippen LogP contribution in [0.3, 0.4) is 0 Å². The second-order valence-corrected chi connectivity index (χ2v) is 7.30. The van der Waals surface area contributed by atoms with E-state index in [9.17, 15) is 14.0 Å². The molecule has 0 radical (unpaired) electrons. The summed E-state index contributed by atoms with van der Waals surface area (Å²) in [4.78, 5) is 24.6. The SMILES string of the molecule is COCc1c(C(=O)Oc2ccc3c(C)cc(=O)oc3c2)sc2cccc(F)c12. The molecule has 0 unspecified atom stereocenters. The van der Waals surface area contributed by atoms with Gasteiger partial charge in [0.2, 0.25) is 0 Å². The first-order valence-electron chi connectivity index (χ1n) is 8.43. The van der Waals surface area contributed by atoms with Crippen LogP contribution in [0.25, 0.3) is 21.1 Å². The molecule has 28 heavy (non-hydrogen) atoms. The summed E-state index contributed by atoms with van der Waals surface area (Å²) in [6, 6.07) is 10.9. The van der Waals surface area contributed by atoms with Crippen LogP contribution in [0, 0.1) is 12.7 Å². The molecular formula is C21H15FO5S. The molecule has 0 aliphatic rings.